The highest BCUT2D eigenvalue weighted by molar-refractivity contribution is 8.09. The number of rotatable bonds is 3. The topological polar surface area (TPSA) is 105 Å². The molecule has 1 fully saturated rings. The molecule has 9 heteroatoms. The number of fused-ring (bicyclic) bond motifs is 2. The minimum Gasteiger partial charge on any atom is -0.497 e. The second-order valence-electron chi connectivity index (χ2n) is 7.34. The van der Waals surface area contributed by atoms with E-state index < -0.39 is 17.3 Å². The highest BCUT2D eigenvalue weighted by atomic mass is 32.2. The normalized spacial score (nSPS) is 21.9. The summed E-state index contributed by atoms with van der Waals surface area (Å²) in [6, 6.07) is 6.36. The van der Waals surface area contributed by atoms with E-state index in [1.54, 1.807) is 31.5 Å². The SMILES string of the molecule is COc1ccc(C#N)c(C2=CC3NC(=O)N(c4cncc5c4OCCC5)C(=O)C3S2)c1. The van der Waals surface area contributed by atoms with E-state index in [2.05, 4.69) is 16.4 Å². The van der Waals surface area contributed by atoms with E-state index >= 15 is 0 Å². The van der Waals surface area contributed by atoms with Crippen LogP contribution in [0.3, 0.4) is 0 Å². The van der Waals surface area contributed by atoms with Crippen molar-refractivity contribution < 1.29 is 19.1 Å². The van der Waals surface area contributed by atoms with Gasteiger partial charge in [-0.2, -0.15) is 5.26 Å². The summed E-state index contributed by atoms with van der Waals surface area (Å²) in [5.74, 6) is 0.816. The number of nitrogens with zero attached hydrogens (tertiary/aromatic N) is 3. The molecule has 156 valence electrons. The van der Waals surface area contributed by atoms with Crippen LogP contribution in [-0.4, -0.2) is 41.9 Å². The van der Waals surface area contributed by atoms with E-state index in [0.717, 1.165) is 28.2 Å². The number of carbonyl (C=O) groups excluding carboxylic acids is 2. The summed E-state index contributed by atoms with van der Waals surface area (Å²) in [5.41, 5.74) is 2.41. The third-order valence-electron chi connectivity index (χ3n) is 5.51. The summed E-state index contributed by atoms with van der Waals surface area (Å²) in [4.78, 5) is 32.4. The monoisotopic (exact) mass is 434 g/mol. The van der Waals surface area contributed by atoms with Gasteiger partial charge in [0.25, 0.3) is 5.91 Å². The lowest BCUT2D eigenvalue weighted by Crippen LogP contribution is -2.60. The van der Waals surface area contributed by atoms with Gasteiger partial charge in [-0.15, -0.1) is 11.8 Å². The third kappa shape index (κ3) is 3.20. The van der Waals surface area contributed by atoms with E-state index in [9.17, 15) is 14.9 Å². The zero-order chi connectivity index (χ0) is 21.5. The van der Waals surface area contributed by atoms with Crippen molar-refractivity contribution in [1.29, 1.82) is 5.26 Å². The summed E-state index contributed by atoms with van der Waals surface area (Å²) in [7, 11) is 1.55. The summed E-state index contributed by atoms with van der Waals surface area (Å²) >= 11 is 1.33. The molecule has 1 N–H and O–H groups in total. The molecule has 0 radical (unpaired) electrons. The van der Waals surface area contributed by atoms with Crippen LogP contribution < -0.4 is 19.7 Å². The number of thioether (sulfide) groups is 1. The highest BCUT2D eigenvalue weighted by Crippen LogP contribution is 2.45. The number of carbonyl (C=O) groups is 2. The number of imide groups is 1. The molecule has 5 rings (SSSR count). The van der Waals surface area contributed by atoms with Gasteiger partial charge < -0.3 is 14.8 Å². The Balaban J connectivity index is 1.48. The molecule has 8 nitrogen and oxygen atoms in total. The Morgan fingerprint density at radius 1 is 1.35 bits per heavy atom. The Morgan fingerprint density at radius 3 is 3.03 bits per heavy atom. The zero-order valence-electron chi connectivity index (χ0n) is 16.6. The zero-order valence-corrected chi connectivity index (χ0v) is 17.4. The van der Waals surface area contributed by atoms with E-state index in [1.165, 1.54) is 18.0 Å². The first-order valence-electron chi connectivity index (χ1n) is 9.82. The lowest BCUT2D eigenvalue weighted by molar-refractivity contribution is -0.118. The fourth-order valence-corrected chi connectivity index (χ4v) is 5.30. The van der Waals surface area contributed by atoms with Gasteiger partial charge in [-0.05, 0) is 37.1 Å². The van der Waals surface area contributed by atoms with Crippen LogP contribution in [0.15, 0.2) is 36.7 Å². The van der Waals surface area contributed by atoms with Gasteiger partial charge in [0.1, 0.15) is 22.4 Å². The molecule has 3 aliphatic rings. The summed E-state index contributed by atoms with van der Waals surface area (Å²) in [6.07, 6.45) is 6.69. The molecule has 31 heavy (non-hydrogen) atoms. The van der Waals surface area contributed by atoms with Gasteiger partial charge in [0.2, 0.25) is 0 Å². The van der Waals surface area contributed by atoms with Gasteiger partial charge >= 0.3 is 6.03 Å². The van der Waals surface area contributed by atoms with Crippen LogP contribution >= 0.6 is 11.8 Å². The molecule has 0 spiro atoms. The Hall–Kier alpha value is -3.51. The molecule has 0 bridgehead atoms. The summed E-state index contributed by atoms with van der Waals surface area (Å²) in [6.45, 7) is 0.535. The van der Waals surface area contributed by atoms with Gasteiger partial charge in [0.05, 0.1) is 37.6 Å². The minimum atomic E-state index is -0.551. The second-order valence-corrected chi connectivity index (χ2v) is 8.52. The number of amides is 3. The number of aryl methyl sites for hydroxylation is 1. The van der Waals surface area contributed by atoms with E-state index in [1.807, 2.05) is 6.08 Å². The highest BCUT2D eigenvalue weighted by Gasteiger charge is 2.46. The van der Waals surface area contributed by atoms with Crippen molar-refractivity contribution in [2.24, 2.45) is 0 Å². The molecule has 3 aliphatic heterocycles. The van der Waals surface area contributed by atoms with Crippen molar-refractivity contribution in [3.05, 3.63) is 53.4 Å². The smallest absolute Gasteiger partial charge is 0.329 e. The number of pyridine rings is 1. The van der Waals surface area contributed by atoms with Crippen molar-refractivity contribution in [3.63, 3.8) is 0 Å². The molecule has 2 atom stereocenters. The van der Waals surface area contributed by atoms with E-state index in [4.69, 9.17) is 9.47 Å². The molecule has 2 unspecified atom stereocenters. The molecular weight excluding hydrogens is 416 g/mol. The Morgan fingerprint density at radius 2 is 2.23 bits per heavy atom. The minimum absolute atomic E-state index is 0.337. The molecule has 0 aliphatic carbocycles. The van der Waals surface area contributed by atoms with Crippen LogP contribution in [0.1, 0.15) is 23.1 Å². The predicted molar refractivity (Wildman–Crippen MR) is 115 cm³/mol. The van der Waals surface area contributed by atoms with Crippen LogP contribution in [0.25, 0.3) is 4.91 Å². The number of urea groups is 1. The maximum atomic E-state index is 13.4. The van der Waals surface area contributed by atoms with Crippen LogP contribution in [0, 0.1) is 11.3 Å². The first-order chi connectivity index (χ1) is 15.1. The Kier molecular flexibility index (Phi) is 4.79. The quantitative estimate of drug-likeness (QED) is 0.792. The van der Waals surface area contributed by atoms with Gasteiger partial charge in [-0.3, -0.25) is 9.78 Å². The van der Waals surface area contributed by atoms with E-state index in [0.29, 0.717) is 34.9 Å². The molecule has 0 saturated carbocycles. The van der Waals surface area contributed by atoms with Crippen LogP contribution in [0.4, 0.5) is 10.5 Å². The second kappa shape index (κ2) is 7.63. The number of methoxy groups -OCH3 is 1. The number of hydrogen-bond donors (Lipinski definition) is 1. The van der Waals surface area contributed by atoms with Gasteiger partial charge in [-0.1, -0.05) is 0 Å². The van der Waals surface area contributed by atoms with Crippen LogP contribution in [0.2, 0.25) is 0 Å². The Bertz CT molecular complexity index is 1170. The van der Waals surface area contributed by atoms with Gasteiger partial charge in [-0.25, -0.2) is 9.69 Å². The molecular formula is C22H18N4O4S. The fourth-order valence-electron chi connectivity index (χ4n) is 4.01. The predicted octanol–water partition coefficient (Wildman–Crippen LogP) is 2.87. The van der Waals surface area contributed by atoms with Gasteiger partial charge in [0.15, 0.2) is 0 Å². The number of anilines is 1. The van der Waals surface area contributed by atoms with Gasteiger partial charge in [0, 0.05) is 22.2 Å². The molecule has 2 aromatic rings. The molecule has 3 amide bonds. The Labute approximate surface area is 182 Å². The maximum Gasteiger partial charge on any atom is 0.329 e. The fraction of sp³-hybridized carbons (Fsp3) is 0.273. The van der Waals surface area contributed by atoms with Crippen molar-refractivity contribution >= 4 is 34.3 Å². The standard InChI is InChI=1S/C22H18N4O4S/c1-29-14-5-4-12(9-23)15(7-14)18-8-16-20(31-18)21(27)26(22(28)25-16)17-11-24-10-13-3-2-6-30-19(13)17/h4-5,7-8,10-11,16,20H,2-3,6H2,1H3,(H,25,28). The number of nitrogens with one attached hydrogen (secondary N) is 1. The molecule has 1 aromatic carbocycles. The maximum absolute atomic E-state index is 13.4. The number of ether oxygens (including phenoxy) is 2. The molecule has 4 heterocycles. The van der Waals surface area contributed by atoms with Crippen molar-refractivity contribution in [2.75, 3.05) is 18.6 Å². The summed E-state index contributed by atoms with van der Waals surface area (Å²) < 4.78 is 11.1. The van der Waals surface area contributed by atoms with Crippen molar-refractivity contribution in [3.8, 4) is 17.6 Å². The first-order valence-corrected chi connectivity index (χ1v) is 10.7. The van der Waals surface area contributed by atoms with Crippen molar-refractivity contribution in [1.82, 2.24) is 10.3 Å². The largest absolute Gasteiger partial charge is 0.497 e. The van der Waals surface area contributed by atoms with Crippen molar-refractivity contribution in [2.45, 2.75) is 24.1 Å². The lowest BCUT2D eigenvalue weighted by atomic mass is 10.0. The van der Waals surface area contributed by atoms with Crippen LogP contribution in [0.5, 0.6) is 11.5 Å². The first kappa shape index (κ1) is 19.5. The van der Waals surface area contributed by atoms with E-state index in [-0.39, 0.29) is 5.91 Å². The third-order valence-corrected chi connectivity index (χ3v) is 6.87. The number of aromatic nitrogens is 1. The number of nitriles is 1. The lowest BCUT2D eigenvalue weighted by Gasteiger charge is -2.34. The average molecular weight is 434 g/mol. The molecule has 1 saturated heterocycles. The number of hydrogen-bond acceptors (Lipinski definition) is 7. The average Bonchev–Trinajstić information content (AvgIpc) is 3.23. The van der Waals surface area contributed by atoms with Crippen LogP contribution in [-0.2, 0) is 11.2 Å². The number of benzene rings is 1. The molecule has 1 aromatic heterocycles. The summed E-state index contributed by atoms with van der Waals surface area (Å²) in [5, 5.41) is 11.9.